The van der Waals surface area contributed by atoms with Crippen molar-refractivity contribution in [1.82, 2.24) is 15.2 Å². The number of hydrogen-bond donors (Lipinski definition) is 1. The van der Waals surface area contributed by atoms with Gasteiger partial charge in [0.05, 0.1) is 11.2 Å². The number of nitrogens with one attached hydrogen (secondary N) is 1. The Hall–Kier alpha value is -0.450. The van der Waals surface area contributed by atoms with Crippen LogP contribution in [0.1, 0.15) is 18.5 Å². The molecule has 1 aliphatic carbocycles. The molecule has 0 amide bonds. The quantitative estimate of drug-likeness (QED) is 0.796. The summed E-state index contributed by atoms with van der Waals surface area (Å²) in [6.45, 7) is 1.98. The molecule has 1 atom stereocenters. The van der Waals surface area contributed by atoms with E-state index in [-0.39, 0.29) is 0 Å². The van der Waals surface area contributed by atoms with Crippen molar-refractivity contribution >= 4 is 11.3 Å². The average Bonchev–Trinajstić information content (AvgIpc) is 2.89. The second-order valence-electron chi connectivity index (χ2n) is 4.48. The van der Waals surface area contributed by atoms with Gasteiger partial charge in [-0.05, 0) is 32.9 Å². The summed E-state index contributed by atoms with van der Waals surface area (Å²) in [5, 5.41) is 5.60. The normalized spacial score (nSPS) is 18.3. The predicted octanol–water partition coefficient (Wildman–Crippen LogP) is 1.57. The van der Waals surface area contributed by atoms with Crippen LogP contribution in [0.5, 0.6) is 0 Å². The third-order valence-corrected chi connectivity index (χ3v) is 3.61. The number of rotatable bonds is 6. The standard InChI is InChI=1S/C11H19N3S/c1-14(2)11(9-3-4-9)6-12-5-10-7-15-8-13-10/h7-9,11-12H,3-6H2,1-2H3. The Labute approximate surface area is 95.5 Å². The summed E-state index contributed by atoms with van der Waals surface area (Å²) in [5.41, 5.74) is 3.05. The summed E-state index contributed by atoms with van der Waals surface area (Å²) in [5.74, 6) is 0.919. The number of aromatic nitrogens is 1. The largest absolute Gasteiger partial charge is 0.310 e. The third kappa shape index (κ3) is 3.26. The molecule has 1 fully saturated rings. The van der Waals surface area contributed by atoms with Crippen LogP contribution in [0, 0.1) is 5.92 Å². The highest BCUT2D eigenvalue weighted by molar-refractivity contribution is 7.07. The molecule has 1 saturated carbocycles. The molecule has 4 heteroatoms. The molecule has 0 spiro atoms. The highest BCUT2D eigenvalue weighted by Gasteiger charge is 2.31. The Morgan fingerprint density at radius 1 is 1.60 bits per heavy atom. The molecular formula is C11H19N3S. The SMILES string of the molecule is CN(C)C(CNCc1cscn1)C1CC1. The van der Waals surface area contributed by atoms with E-state index in [1.165, 1.54) is 12.8 Å². The molecule has 0 aliphatic heterocycles. The lowest BCUT2D eigenvalue weighted by molar-refractivity contribution is 0.255. The summed E-state index contributed by atoms with van der Waals surface area (Å²) in [7, 11) is 4.35. The van der Waals surface area contributed by atoms with Crippen LogP contribution in [0.2, 0.25) is 0 Å². The van der Waals surface area contributed by atoms with Crippen LogP contribution in [0.15, 0.2) is 10.9 Å². The van der Waals surface area contributed by atoms with Crippen LogP contribution < -0.4 is 5.32 Å². The first-order valence-electron chi connectivity index (χ1n) is 5.51. The van der Waals surface area contributed by atoms with Crippen molar-refractivity contribution in [3.63, 3.8) is 0 Å². The first-order chi connectivity index (χ1) is 7.27. The molecule has 1 unspecified atom stereocenters. The lowest BCUT2D eigenvalue weighted by Gasteiger charge is -2.24. The van der Waals surface area contributed by atoms with Gasteiger partial charge in [0.25, 0.3) is 0 Å². The molecule has 1 aromatic heterocycles. The lowest BCUT2D eigenvalue weighted by atomic mass is 10.1. The average molecular weight is 225 g/mol. The van der Waals surface area contributed by atoms with Gasteiger partial charge >= 0.3 is 0 Å². The molecule has 1 heterocycles. The summed E-state index contributed by atoms with van der Waals surface area (Å²) < 4.78 is 0. The van der Waals surface area contributed by atoms with Crippen LogP contribution in [0.4, 0.5) is 0 Å². The maximum absolute atomic E-state index is 4.26. The first-order valence-corrected chi connectivity index (χ1v) is 6.46. The maximum Gasteiger partial charge on any atom is 0.0795 e. The fourth-order valence-corrected chi connectivity index (χ4v) is 2.48. The molecule has 0 bridgehead atoms. The molecule has 84 valence electrons. The van der Waals surface area contributed by atoms with Crippen LogP contribution >= 0.6 is 11.3 Å². The van der Waals surface area contributed by atoms with E-state index in [4.69, 9.17) is 0 Å². The molecule has 1 N–H and O–H groups in total. The maximum atomic E-state index is 4.26. The lowest BCUT2D eigenvalue weighted by Crippen LogP contribution is -2.39. The van der Waals surface area contributed by atoms with Gasteiger partial charge in [0.15, 0.2) is 0 Å². The molecule has 0 aromatic carbocycles. The Balaban J connectivity index is 1.71. The van der Waals surface area contributed by atoms with Crippen molar-refractivity contribution in [2.24, 2.45) is 5.92 Å². The monoisotopic (exact) mass is 225 g/mol. The zero-order valence-electron chi connectivity index (χ0n) is 9.44. The van der Waals surface area contributed by atoms with Crippen molar-refractivity contribution in [3.05, 3.63) is 16.6 Å². The molecule has 15 heavy (non-hydrogen) atoms. The molecule has 1 aromatic rings. The van der Waals surface area contributed by atoms with Crippen molar-refractivity contribution in [1.29, 1.82) is 0 Å². The van der Waals surface area contributed by atoms with Gasteiger partial charge in [-0.25, -0.2) is 4.98 Å². The van der Waals surface area contributed by atoms with Gasteiger partial charge in [0.1, 0.15) is 0 Å². The Bertz CT molecular complexity index is 278. The molecule has 0 saturated heterocycles. The Morgan fingerprint density at radius 3 is 2.93 bits per heavy atom. The van der Waals surface area contributed by atoms with E-state index in [9.17, 15) is 0 Å². The number of likely N-dealkylation sites (N-methyl/N-ethyl adjacent to an activating group) is 1. The summed E-state index contributed by atoms with van der Waals surface area (Å²) in [6.07, 6.45) is 2.81. The van der Waals surface area contributed by atoms with Gasteiger partial charge in [0, 0.05) is 24.5 Å². The molecule has 2 rings (SSSR count). The van der Waals surface area contributed by atoms with Crippen molar-refractivity contribution in [2.75, 3.05) is 20.6 Å². The number of hydrogen-bond acceptors (Lipinski definition) is 4. The van der Waals surface area contributed by atoms with E-state index < -0.39 is 0 Å². The van der Waals surface area contributed by atoms with E-state index in [0.717, 1.165) is 24.7 Å². The van der Waals surface area contributed by atoms with Gasteiger partial charge in [-0.1, -0.05) is 0 Å². The highest BCUT2D eigenvalue weighted by atomic mass is 32.1. The van der Waals surface area contributed by atoms with E-state index in [1.807, 2.05) is 5.51 Å². The molecular weight excluding hydrogens is 206 g/mol. The number of thiazole rings is 1. The van der Waals surface area contributed by atoms with E-state index in [1.54, 1.807) is 11.3 Å². The Morgan fingerprint density at radius 2 is 2.40 bits per heavy atom. The van der Waals surface area contributed by atoms with Crippen molar-refractivity contribution < 1.29 is 0 Å². The van der Waals surface area contributed by atoms with Crippen molar-refractivity contribution in [2.45, 2.75) is 25.4 Å². The van der Waals surface area contributed by atoms with Gasteiger partial charge in [0.2, 0.25) is 0 Å². The molecule has 3 nitrogen and oxygen atoms in total. The zero-order chi connectivity index (χ0) is 10.7. The van der Waals surface area contributed by atoms with E-state index in [0.29, 0.717) is 6.04 Å². The smallest absolute Gasteiger partial charge is 0.0795 e. The zero-order valence-corrected chi connectivity index (χ0v) is 10.3. The van der Waals surface area contributed by atoms with Crippen LogP contribution in [0.3, 0.4) is 0 Å². The first kappa shape index (κ1) is 11.0. The third-order valence-electron chi connectivity index (χ3n) is 2.97. The highest BCUT2D eigenvalue weighted by Crippen LogP contribution is 2.34. The minimum Gasteiger partial charge on any atom is -0.310 e. The summed E-state index contributed by atoms with van der Waals surface area (Å²) in [4.78, 5) is 6.60. The Kier molecular flexibility index (Phi) is 3.72. The topological polar surface area (TPSA) is 28.2 Å². The van der Waals surface area contributed by atoms with Crippen LogP contribution in [-0.2, 0) is 6.54 Å². The fraction of sp³-hybridized carbons (Fsp3) is 0.727. The van der Waals surface area contributed by atoms with Crippen molar-refractivity contribution in [3.8, 4) is 0 Å². The van der Waals surface area contributed by atoms with Gasteiger partial charge in [-0.15, -0.1) is 11.3 Å². The summed E-state index contributed by atoms with van der Waals surface area (Å²) >= 11 is 1.66. The fourth-order valence-electron chi connectivity index (χ4n) is 1.92. The number of nitrogens with zero attached hydrogens (tertiary/aromatic N) is 2. The minimum atomic E-state index is 0.698. The predicted molar refractivity (Wildman–Crippen MR) is 64.0 cm³/mol. The van der Waals surface area contributed by atoms with Gasteiger partial charge in [-0.3, -0.25) is 0 Å². The van der Waals surface area contributed by atoms with Gasteiger partial charge in [-0.2, -0.15) is 0 Å². The van der Waals surface area contributed by atoms with Crippen LogP contribution in [-0.4, -0.2) is 36.6 Å². The molecule has 0 radical (unpaired) electrons. The van der Waals surface area contributed by atoms with E-state index >= 15 is 0 Å². The molecule has 1 aliphatic rings. The minimum absolute atomic E-state index is 0.698. The van der Waals surface area contributed by atoms with E-state index in [2.05, 4.69) is 34.7 Å². The second-order valence-corrected chi connectivity index (χ2v) is 5.20. The van der Waals surface area contributed by atoms with Gasteiger partial charge < -0.3 is 10.2 Å². The van der Waals surface area contributed by atoms with Crippen LogP contribution in [0.25, 0.3) is 0 Å². The summed E-state index contributed by atoms with van der Waals surface area (Å²) in [6, 6.07) is 0.698. The second kappa shape index (κ2) is 5.05.